The number of amides is 1. The topological polar surface area (TPSA) is 32.3 Å². The van der Waals surface area contributed by atoms with Gasteiger partial charge in [0.15, 0.2) is 0 Å². The quantitative estimate of drug-likeness (QED) is 0.733. The molecular weight excluding hydrogens is 176 g/mol. The molecule has 1 heterocycles. The molecule has 0 aromatic rings. The first kappa shape index (κ1) is 11.5. The van der Waals surface area contributed by atoms with Crippen molar-refractivity contribution < 1.29 is 4.79 Å². The van der Waals surface area contributed by atoms with Crippen LogP contribution in [-0.2, 0) is 4.79 Å². The van der Waals surface area contributed by atoms with E-state index in [9.17, 15) is 4.79 Å². The molecule has 1 unspecified atom stereocenters. The zero-order valence-corrected chi connectivity index (χ0v) is 9.55. The van der Waals surface area contributed by atoms with Gasteiger partial charge in [-0.15, -0.1) is 0 Å². The highest BCUT2D eigenvalue weighted by Crippen LogP contribution is 2.13. The van der Waals surface area contributed by atoms with Gasteiger partial charge in [0.05, 0.1) is 5.92 Å². The third kappa shape index (κ3) is 3.66. The zero-order valence-electron chi connectivity index (χ0n) is 9.55. The van der Waals surface area contributed by atoms with Gasteiger partial charge in [0.1, 0.15) is 0 Å². The average Bonchev–Trinajstić information content (AvgIpc) is 2.51. The van der Waals surface area contributed by atoms with Crippen molar-refractivity contribution in [2.75, 3.05) is 26.7 Å². The molecule has 1 amide bonds. The minimum absolute atomic E-state index is 0.229. The van der Waals surface area contributed by atoms with Crippen molar-refractivity contribution in [3.63, 3.8) is 0 Å². The summed E-state index contributed by atoms with van der Waals surface area (Å²) < 4.78 is 0. The molecule has 0 aliphatic carbocycles. The molecule has 3 heteroatoms. The van der Waals surface area contributed by atoms with Crippen LogP contribution in [0.1, 0.15) is 26.7 Å². The lowest BCUT2D eigenvalue weighted by Crippen LogP contribution is -2.33. The number of hydrogen-bond donors (Lipinski definition) is 1. The second-order valence-corrected chi connectivity index (χ2v) is 4.72. The Balaban J connectivity index is 2.15. The lowest BCUT2D eigenvalue weighted by Gasteiger charge is -2.12. The van der Waals surface area contributed by atoms with Crippen molar-refractivity contribution in [2.24, 2.45) is 11.8 Å². The van der Waals surface area contributed by atoms with E-state index in [1.807, 2.05) is 0 Å². The molecule has 0 bridgehead atoms. The smallest absolute Gasteiger partial charge is 0.224 e. The molecule has 1 N–H and O–H groups in total. The summed E-state index contributed by atoms with van der Waals surface area (Å²) in [6.07, 6.45) is 2.10. The Morgan fingerprint density at radius 1 is 1.57 bits per heavy atom. The standard InChI is InChI=1S/C11H22N2O/c1-9(2)4-6-12-11(14)10-5-7-13(3)8-10/h9-10H,4-8H2,1-3H3,(H,12,14). The van der Waals surface area contributed by atoms with Gasteiger partial charge in [0, 0.05) is 13.1 Å². The van der Waals surface area contributed by atoms with Crippen molar-refractivity contribution in [1.29, 1.82) is 0 Å². The van der Waals surface area contributed by atoms with E-state index in [1.54, 1.807) is 0 Å². The molecule has 0 saturated carbocycles. The molecular formula is C11H22N2O. The molecule has 3 nitrogen and oxygen atoms in total. The first-order valence-electron chi connectivity index (χ1n) is 5.56. The molecule has 1 atom stereocenters. The predicted octanol–water partition coefficient (Wildman–Crippen LogP) is 1.10. The Bertz CT molecular complexity index is 192. The highest BCUT2D eigenvalue weighted by atomic mass is 16.1. The molecule has 82 valence electrons. The maximum absolute atomic E-state index is 11.6. The van der Waals surface area contributed by atoms with Gasteiger partial charge in [-0.1, -0.05) is 13.8 Å². The fraction of sp³-hybridized carbons (Fsp3) is 0.909. The second-order valence-electron chi connectivity index (χ2n) is 4.72. The molecule has 1 aliphatic rings. The predicted molar refractivity (Wildman–Crippen MR) is 58.1 cm³/mol. The van der Waals surface area contributed by atoms with Crippen LogP contribution in [0.5, 0.6) is 0 Å². The number of nitrogens with one attached hydrogen (secondary N) is 1. The number of hydrogen-bond acceptors (Lipinski definition) is 2. The van der Waals surface area contributed by atoms with E-state index in [2.05, 4.69) is 31.1 Å². The van der Waals surface area contributed by atoms with Crippen LogP contribution in [-0.4, -0.2) is 37.5 Å². The van der Waals surface area contributed by atoms with Gasteiger partial charge >= 0.3 is 0 Å². The van der Waals surface area contributed by atoms with E-state index in [4.69, 9.17) is 0 Å². The Morgan fingerprint density at radius 3 is 2.79 bits per heavy atom. The number of nitrogens with zero attached hydrogens (tertiary/aromatic N) is 1. The van der Waals surface area contributed by atoms with Crippen LogP contribution in [0, 0.1) is 11.8 Å². The summed E-state index contributed by atoms with van der Waals surface area (Å²) in [5.74, 6) is 1.14. The van der Waals surface area contributed by atoms with E-state index < -0.39 is 0 Å². The summed E-state index contributed by atoms with van der Waals surface area (Å²) in [6, 6.07) is 0. The van der Waals surface area contributed by atoms with Crippen molar-refractivity contribution in [3.8, 4) is 0 Å². The summed E-state index contributed by atoms with van der Waals surface area (Å²) in [5, 5.41) is 3.01. The van der Waals surface area contributed by atoms with Crippen molar-refractivity contribution in [2.45, 2.75) is 26.7 Å². The third-order valence-corrected chi connectivity index (χ3v) is 2.78. The van der Waals surface area contributed by atoms with E-state index in [-0.39, 0.29) is 11.8 Å². The van der Waals surface area contributed by atoms with Gasteiger partial charge in [-0.2, -0.15) is 0 Å². The van der Waals surface area contributed by atoms with E-state index in [0.717, 1.165) is 32.5 Å². The number of likely N-dealkylation sites (tertiary alicyclic amines) is 1. The van der Waals surface area contributed by atoms with Crippen LogP contribution in [0.15, 0.2) is 0 Å². The number of carbonyl (C=O) groups excluding carboxylic acids is 1. The Kier molecular flexibility index (Phi) is 4.39. The SMILES string of the molecule is CC(C)CCNC(=O)C1CCN(C)C1. The van der Waals surface area contributed by atoms with Gasteiger partial charge in [-0.3, -0.25) is 4.79 Å². The normalized spacial score (nSPS) is 23.0. The summed E-state index contributed by atoms with van der Waals surface area (Å²) in [7, 11) is 2.07. The summed E-state index contributed by atoms with van der Waals surface area (Å²) >= 11 is 0. The lowest BCUT2D eigenvalue weighted by molar-refractivity contribution is -0.124. The Morgan fingerprint density at radius 2 is 2.29 bits per heavy atom. The van der Waals surface area contributed by atoms with Gasteiger partial charge in [0.25, 0.3) is 0 Å². The van der Waals surface area contributed by atoms with Crippen molar-refractivity contribution in [1.82, 2.24) is 10.2 Å². The van der Waals surface area contributed by atoms with Crippen LogP contribution in [0.25, 0.3) is 0 Å². The second kappa shape index (κ2) is 5.35. The van der Waals surface area contributed by atoms with Crippen LogP contribution >= 0.6 is 0 Å². The van der Waals surface area contributed by atoms with Crippen LogP contribution < -0.4 is 5.32 Å². The summed E-state index contributed by atoms with van der Waals surface area (Å²) in [5.41, 5.74) is 0. The monoisotopic (exact) mass is 198 g/mol. The first-order chi connectivity index (χ1) is 6.59. The lowest BCUT2D eigenvalue weighted by atomic mass is 10.1. The van der Waals surface area contributed by atoms with Crippen molar-refractivity contribution >= 4 is 5.91 Å². The van der Waals surface area contributed by atoms with E-state index in [1.165, 1.54) is 0 Å². The molecule has 14 heavy (non-hydrogen) atoms. The van der Waals surface area contributed by atoms with Crippen LogP contribution in [0.4, 0.5) is 0 Å². The number of carbonyl (C=O) groups is 1. The van der Waals surface area contributed by atoms with Crippen molar-refractivity contribution in [3.05, 3.63) is 0 Å². The van der Waals surface area contributed by atoms with E-state index in [0.29, 0.717) is 5.92 Å². The molecule has 0 aromatic heterocycles. The largest absolute Gasteiger partial charge is 0.356 e. The molecule has 1 fully saturated rings. The summed E-state index contributed by atoms with van der Waals surface area (Å²) in [4.78, 5) is 13.8. The zero-order chi connectivity index (χ0) is 10.6. The minimum atomic E-state index is 0.229. The number of rotatable bonds is 4. The van der Waals surface area contributed by atoms with Gasteiger partial charge in [0.2, 0.25) is 5.91 Å². The molecule has 0 aromatic carbocycles. The highest BCUT2D eigenvalue weighted by molar-refractivity contribution is 5.79. The highest BCUT2D eigenvalue weighted by Gasteiger charge is 2.25. The molecule has 1 saturated heterocycles. The Hall–Kier alpha value is -0.570. The third-order valence-electron chi connectivity index (χ3n) is 2.78. The Labute approximate surface area is 86.9 Å². The van der Waals surface area contributed by atoms with Gasteiger partial charge in [-0.25, -0.2) is 0 Å². The van der Waals surface area contributed by atoms with Crippen LogP contribution in [0.2, 0.25) is 0 Å². The van der Waals surface area contributed by atoms with Gasteiger partial charge < -0.3 is 10.2 Å². The maximum Gasteiger partial charge on any atom is 0.224 e. The fourth-order valence-electron chi connectivity index (χ4n) is 1.78. The fourth-order valence-corrected chi connectivity index (χ4v) is 1.78. The average molecular weight is 198 g/mol. The van der Waals surface area contributed by atoms with Gasteiger partial charge in [-0.05, 0) is 32.4 Å². The van der Waals surface area contributed by atoms with E-state index >= 15 is 0 Å². The maximum atomic E-state index is 11.6. The molecule has 1 rings (SSSR count). The molecule has 0 radical (unpaired) electrons. The molecule has 1 aliphatic heterocycles. The summed E-state index contributed by atoms with van der Waals surface area (Å²) in [6.45, 7) is 7.16. The molecule has 0 spiro atoms. The van der Waals surface area contributed by atoms with Crippen LogP contribution in [0.3, 0.4) is 0 Å². The first-order valence-corrected chi connectivity index (χ1v) is 5.56. The minimum Gasteiger partial charge on any atom is -0.356 e.